The lowest BCUT2D eigenvalue weighted by molar-refractivity contribution is -0.137. The van der Waals surface area contributed by atoms with Crippen LogP contribution in [-0.4, -0.2) is 94.6 Å². The minimum atomic E-state index is -0.921. The van der Waals surface area contributed by atoms with Crippen molar-refractivity contribution in [2.75, 3.05) is 65.9 Å². The summed E-state index contributed by atoms with van der Waals surface area (Å²) in [5, 5.41) is 13.7. The predicted molar refractivity (Wildman–Crippen MR) is 101 cm³/mol. The van der Waals surface area contributed by atoms with E-state index in [0.29, 0.717) is 45.9 Å². The first-order chi connectivity index (χ1) is 13.9. The number of hydrogen-bond donors (Lipinski definition) is 3. The average molecular weight is 420 g/mol. The third kappa shape index (κ3) is 22.1. The zero-order valence-corrected chi connectivity index (χ0v) is 16.9. The van der Waals surface area contributed by atoms with Crippen LogP contribution in [0.4, 0.5) is 0 Å². The van der Waals surface area contributed by atoms with E-state index in [1.807, 2.05) is 0 Å². The molecule has 0 bridgehead atoms. The van der Waals surface area contributed by atoms with Crippen LogP contribution in [0.2, 0.25) is 0 Å². The number of carbonyl (C=O) groups excluding carboxylic acids is 3. The van der Waals surface area contributed by atoms with Gasteiger partial charge in [0.05, 0.1) is 39.6 Å². The first-order valence-corrected chi connectivity index (χ1v) is 9.47. The van der Waals surface area contributed by atoms with Gasteiger partial charge in [-0.05, 0) is 13.3 Å². The van der Waals surface area contributed by atoms with Gasteiger partial charge in [-0.25, -0.2) is 0 Å². The van der Waals surface area contributed by atoms with Crippen molar-refractivity contribution in [3.63, 3.8) is 0 Å². The number of amides is 2. The van der Waals surface area contributed by atoms with Gasteiger partial charge < -0.3 is 34.7 Å². The summed E-state index contributed by atoms with van der Waals surface area (Å²) in [4.78, 5) is 43.9. The Morgan fingerprint density at radius 2 is 1.21 bits per heavy atom. The number of nitrogens with one attached hydrogen (secondary N) is 2. The second kappa shape index (κ2) is 19.2. The summed E-state index contributed by atoms with van der Waals surface area (Å²) in [6, 6.07) is 0. The third-order valence-electron chi connectivity index (χ3n) is 3.21. The predicted octanol–water partition coefficient (Wildman–Crippen LogP) is -0.871. The quantitative estimate of drug-likeness (QED) is 0.214. The normalized spacial score (nSPS) is 10.5. The number of carboxylic acid groups (broad SMARTS) is 1. The number of hydrogen-bond acceptors (Lipinski definition) is 8. The summed E-state index contributed by atoms with van der Waals surface area (Å²) >= 11 is 0. The fraction of sp³-hybridized carbons (Fsp3) is 0.778. The van der Waals surface area contributed by atoms with Crippen molar-refractivity contribution >= 4 is 23.6 Å². The maximum Gasteiger partial charge on any atom is 0.303 e. The van der Waals surface area contributed by atoms with Gasteiger partial charge in [-0.3, -0.25) is 19.2 Å². The lowest BCUT2D eigenvalue weighted by atomic mass is 10.2. The van der Waals surface area contributed by atoms with E-state index in [2.05, 4.69) is 10.6 Å². The minimum absolute atomic E-state index is 0.0287. The van der Waals surface area contributed by atoms with E-state index in [0.717, 1.165) is 0 Å². The van der Waals surface area contributed by atoms with E-state index in [9.17, 15) is 19.2 Å². The molecule has 0 heterocycles. The molecule has 0 atom stereocenters. The topological polar surface area (TPSA) is 149 Å². The van der Waals surface area contributed by atoms with Gasteiger partial charge in [0, 0.05) is 25.9 Å². The first kappa shape index (κ1) is 26.9. The van der Waals surface area contributed by atoms with E-state index in [1.54, 1.807) is 0 Å². The van der Waals surface area contributed by atoms with Gasteiger partial charge >= 0.3 is 5.97 Å². The number of carboxylic acids is 1. The van der Waals surface area contributed by atoms with Gasteiger partial charge in [-0.15, -0.1) is 0 Å². The van der Waals surface area contributed by atoms with Crippen molar-refractivity contribution in [3.05, 3.63) is 0 Å². The summed E-state index contributed by atoms with van der Waals surface area (Å²) in [5.74, 6) is -1.44. The highest BCUT2D eigenvalue weighted by Gasteiger charge is 2.03. The van der Waals surface area contributed by atoms with Gasteiger partial charge in [0.15, 0.2) is 5.78 Å². The van der Waals surface area contributed by atoms with Crippen molar-refractivity contribution in [1.29, 1.82) is 0 Å². The molecule has 0 unspecified atom stereocenters. The van der Waals surface area contributed by atoms with E-state index in [4.69, 9.17) is 24.1 Å². The summed E-state index contributed by atoms with van der Waals surface area (Å²) in [5.41, 5.74) is 0. The largest absolute Gasteiger partial charge is 0.481 e. The van der Waals surface area contributed by atoms with Crippen molar-refractivity contribution in [3.8, 4) is 0 Å². The molecule has 3 N–H and O–H groups in total. The number of ether oxygens (including phenoxy) is 4. The molecular weight excluding hydrogens is 388 g/mol. The Labute approximate surface area is 170 Å². The van der Waals surface area contributed by atoms with Gasteiger partial charge in [0.25, 0.3) is 0 Å². The number of Topliss-reactive ketones (excluding diaryl/α,β-unsaturated/α-hetero) is 1. The van der Waals surface area contributed by atoms with Crippen LogP contribution in [0.5, 0.6) is 0 Å². The van der Waals surface area contributed by atoms with Gasteiger partial charge in [-0.2, -0.15) is 0 Å². The SMILES string of the molecule is CC(=O)COCCOCCNC(=O)COCCOCCNC(=O)CCCC(=O)O. The summed E-state index contributed by atoms with van der Waals surface area (Å²) in [6.07, 6.45) is 0.446. The van der Waals surface area contributed by atoms with Crippen LogP contribution in [0, 0.1) is 0 Å². The van der Waals surface area contributed by atoms with E-state index < -0.39 is 5.97 Å². The molecule has 0 spiro atoms. The fourth-order valence-corrected chi connectivity index (χ4v) is 1.89. The van der Waals surface area contributed by atoms with Crippen LogP contribution >= 0.6 is 0 Å². The maximum atomic E-state index is 11.5. The average Bonchev–Trinajstić information content (AvgIpc) is 2.65. The standard InChI is InChI=1S/C18H32N2O9/c1-15(21)13-28-11-9-27-8-6-20-17(23)14-29-12-10-26-7-5-19-16(22)3-2-4-18(24)25/h2-14H2,1H3,(H,19,22)(H,20,23)(H,24,25). The first-order valence-electron chi connectivity index (χ1n) is 9.47. The molecule has 0 fully saturated rings. The lowest BCUT2D eigenvalue weighted by Crippen LogP contribution is -2.31. The number of rotatable bonds is 20. The second-order valence-electron chi connectivity index (χ2n) is 5.98. The zero-order valence-electron chi connectivity index (χ0n) is 16.9. The molecule has 11 heteroatoms. The van der Waals surface area contributed by atoms with Crippen molar-refractivity contribution in [1.82, 2.24) is 10.6 Å². The monoisotopic (exact) mass is 420 g/mol. The molecule has 0 saturated carbocycles. The Balaban J connectivity index is 3.30. The smallest absolute Gasteiger partial charge is 0.303 e. The van der Waals surface area contributed by atoms with E-state index in [-0.39, 0.29) is 56.9 Å². The zero-order chi connectivity index (χ0) is 21.7. The van der Waals surface area contributed by atoms with Crippen LogP contribution in [0.1, 0.15) is 26.2 Å². The summed E-state index contributed by atoms with van der Waals surface area (Å²) < 4.78 is 20.7. The number of carbonyl (C=O) groups is 4. The van der Waals surface area contributed by atoms with Crippen molar-refractivity contribution < 1.29 is 43.2 Å². The molecule has 11 nitrogen and oxygen atoms in total. The van der Waals surface area contributed by atoms with E-state index in [1.165, 1.54) is 6.92 Å². The summed E-state index contributed by atoms with van der Waals surface area (Å²) in [6.45, 7) is 3.92. The Morgan fingerprint density at radius 3 is 1.76 bits per heavy atom. The fourth-order valence-electron chi connectivity index (χ4n) is 1.89. The van der Waals surface area contributed by atoms with Gasteiger partial charge in [-0.1, -0.05) is 0 Å². The van der Waals surface area contributed by atoms with Crippen LogP contribution in [0.25, 0.3) is 0 Å². The van der Waals surface area contributed by atoms with Crippen LogP contribution < -0.4 is 10.6 Å². The summed E-state index contributed by atoms with van der Waals surface area (Å²) in [7, 11) is 0. The van der Waals surface area contributed by atoms with Gasteiger partial charge in [0.1, 0.15) is 13.2 Å². The molecule has 29 heavy (non-hydrogen) atoms. The number of aliphatic carboxylic acids is 1. The lowest BCUT2D eigenvalue weighted by Gasteiger charge is -2.08. The van der Waals surface area contributed by atoms with E-state index >= 15 is 0 Å². The highest BCUT2D eigenvalue weighted by Crippen LogP contribution is 1.94. The molecule has 168 valence electrons. The molecule has 0 aliphatic rings. The highest BCUT2D eigenvalue weighted by molar-refractivity contribution is 5.77. The van der Waals surface area contributed by atoms with Crippen LogP contribution in [-0.2, 0) is 38.1 Å². The molecule has 0 radical (unpaired) electrons. The Bertz CT molecular complexity index is 486. The molecule has 0 aromatic heterocycles. The molecule has 0 aliphatic carbocycles. The molecular formula is C18H32N2O9. The van der Waals surface area contributed by atoms with Crippen molar-refractivity contribution in [2.45, 2.75) is 26.2 Å². The number of ketones is 1. The third-order valence-corrected chi connectivity index (χ3v) is 3.21. The molecule has 0 saturated heterocycles. The molecule has 0 aromatic rings. The van der Waals surface area contributed by atoms with Crippen LogP contribution in [0.15, 0.2) is 0 Å². The van der Waals surface area contributed by atoms with Gasteiger partial charge in [0.2, 0.25) is 11.8 Å². The Hall–Kier alpha value is -2.08. The van der Waals surface area contributed by atoms with Crippen LogP contribution in [0.3, 0.4) is 0 Å². The molecule has 0 aromatic carbocycles. The highest BCUT2D eigenvalue weighted by atomic mass is 16.5. The van der Waals surface area contributed by atoms with Crippen molar-refractivity contribution in [2.24, 2.45) is 0 Å². The molecule has 2 amide bonds. The Kier molecular flexibility index (Phi) is 17.9. The minimum Gasteiger partial charge on any atom is -0.481 e. The maximum absolute atomic E-state index is 11.5. The molecule has 0 aliphatic heterocycles. The Morgan fingerprint density at radius 1 is 0.690 bits per heavy atom. The second-order valence-corrected chi connectivity index (χ2v) is 5.98. The molecule has 0 rings (SSSR count).